The summed E-state index contributed by atoms with van der Waals surface area (Å²) in [7, 11) is 0. The van der Waals surface area contributed by atoms with Crippen LogP contribution in [0.25, 0.3) is 0 Å². The van der Waals surface area contributed by atoms with Crippen molar-refractivity contribution in [3.8, 4) is 6.07 Å². The lowest BCUT2D eigenvalue weighted by Crippen LogP contribution is -2.35. The second-order valence-electron chi connectivity index (χ2n) is 6.26. The van der Waals surface area contributed by atoms with Crippen molar-refractivity contribution in [3.63, 3.8) is 0 Å². The maximum absolute atomic E-state index is 9.28. The Labute approximate surface area is 128 Å². The van der Waals surface area contributed by atoms with Crippen LogP contribution in [0.1, 0.15) is 43.0 Å². The number of aromatic nitrogens is 1. The largest absolute Gasteiger partial charge is 0.369 e. The Morgan fingerprint density at radius 3 is 2.71 bits per heavy atom. The maximum atomic E-state index is 9.28. The standard InChI is InChI=1S/C17H26N4/c1-13(12-21-7-5-4-6-8-21)11-19-17-16(10-18)14(2)9-15(3)20-17/h9,13H,4-8,11-12H2,1-3H3,(H,19,20). The van der Waals surface area contributed by atoms with Crippen LogP contribution < -0.4 is 5.32 Å². The summed E-state index contributed by atoms with van der Waals surface area (Å²) in [5.74, 6) is 1.29. The highest BCUT2D eigenvalue weighted by molar-refractivity contribution is 5.56. The molecule has 1 aliphatic rings. The minimum absolute atomic E-state index is 0.553. The van der Waals surface area contributed by atoms with Crippen molar-refractivity contribution < 1.29 is 0 Å². The van der Waals surface area contributed by atoms with Gasteiger partial charge in [-0.1, -0.05) is 13.3 Å². The van der Waals surface area contributed by atoms with Gasteiger partial charge in [0.05, 0.1) is 5.56 Å². The molecule has 0 aliphatic carbocycles. The quantitative estimate of drug-likeness (QED) is 0.903. The molecule has 2 rings (SSSR count). The van der Waals surface area contributed by atoms with Gasteiger partial charge in [0, 0.05) is 18.8 Å². The SMILES string of the molecule is Cc1cc(C)c(C#N)c(NCC(C)CN2CCCCC2)n1. The van der Waals surface area contributed by atoms with E-state index in [0.29, 0.717) is 11.5 Å². The van der Waals surface area contributed by atoms with Crippen LogP contribution in [0.3, 0.4) is 0 Å². The van der Waals surface area contributed by atoms with Gasteiger partial charge in [-0.2, -0.15) is 5.26 Å². The number of nitrogens with one attached hydrogen (secondary N) is 1. The summed E-state index contributed by atoms with van der Waals surface area (Å²) < 4.78 is 0. The molecule has 1 unspecified atom stereocenters. The number of aryl methyl sites for hydroxylation is 2. The molecular weight excluding hydrogens is 260 g/mol. The molecule has 1 aromatic heterocycles. The summed E-state index contributed by atoms with van der Waals surface area (Å²) in [4.78, 5) is 7.03. The third-order valence-corrected chi connectivity index (χ3v) is 4.09. The summed E-state index contributed by atoms with van der Waals surface area (Å²) in [6, 6.07) is 4.22. The number of hydrogen-bond donors (Lipinski definition) is 1. The van der Waals surface area contributed by atoms with Gasteiger partial charge in [0.1, 0.15) is 11.9 Å². The number of hydrogen-bond acceptors (Lipinski definition) is 4. The monoisotopic (exact) mass is 286 g/mol. The highest BCUT2D eigenvalue weighted by Gasteiger charge is 2.14. The predicted octanol–water partition coefficient (Wildman–Crippen LogP) is 3.10. The number of pyridine rings is 1. The van der Waals surface area contributed by atoms with E-state index in [-0.39, 0.29) is 0 Å². The van der Waals surface area contributed by atoms with Gasteiger partial charge in [0.25, 0.3) is 0 Å². The fraction of sp³-hybridized carbons (Fsp3) is 0.647. The van der Waals surface area contributed by atoms with Crippen molar-refractivity contribution in [2.45, 2.75) is 40.0 Å². The number of nitriles is 1. The Balaban J connectivity index is 1.91. The lowest BCUT2D eigenvalue weighted by Gasteiger charge is -2.29. The number of piperidine rings is 1. The van der Waals surface area contributed by atoms with Gasteiger partial charge in [-0.05, 0) is 57.3 Å². The lowest BCUT2D eigenvalue weighted by atomic mass is 10.1. The van der Waals surface area contributed by atoms with E-state index in [2.05, 4.69) is 28.2 Å². The van der Waals surface area contributed by atoms with Crippen molar-refractivity contribution >= 4 is 5.82 Å². The van der Waals surface area contributed by atoms with E-state index in [1.54, 1.807) is 0 Å². The first-order valence-electron chi connectivity index (χ1n) is 7.94. The van der Waals surface area contributed by atoms with Crippen LogP contribution >= 0.6 is 0 Å². The zero-order chi connectivity index (χ0) is 15.2. The summed E-state index contributed by atoms with van der Waals surface area (Å²) in [5.41, 5.74) is 2.62. The van der Waals surface area contributed by atoms with Crippen molar-refractivity contribution in [1.82, 2.24) is 9.88 Å². The van der Waals surface area contributed by atoms with E-state index in [0.717, 1.165) is 30.2 Å². The molecule has 0 bridgehead atoms. The number of likely N-dealkylation sites (tertiary alicyclic amines) is 1. The van der Waals surface area contributed by atoms with E-state index in [4.69, 9.17) is 0 Å². The van der Waals surface area contributed by atoms with E-state index in [1.807, 2.05) is 19.9 Å². The molecule has 0 spiro atoms. The van der Waals surface area contributed by atoms with Gasteiger partial charge in [-0.25, -0.2) is 4.98 Å². The van der Waals surface area contributed by atoms with Crippen molar-refractivity contribution in [2.24, 2.45) is 5.92 Å². The average Bonchev–Trinajstić information content (AvgIpc) is 2.45. The van der Waals surface area contributed by atoms with Crippen LogP contribution in [0.5, 0.6) is 0 Å². The van der Waals surface area contributed by atoms with Crippen LogP contribution in [0.15, 0.2) is 6.07 Å². The van der Waals surface area contributed by atoms with Crippen LogP contribution in [0.4, 0.5) is 5.82 Å². The Bertz CT molecular complexity index is 512. The molecular formula is C17H26N4. The van der Waals surface area contributed by atoms with Crippen LogP contribution in [-0.2, 0) is 0 Å². The van der Waals surface area contributed by atoms with E-state index in [1.165, 1.54) is 32.4 Å². The molecule has 1 fully saturated rings. The third-order valence-electron chi connectivity index (χ3n) is 4.09. The molecule has 1 saturated heterocycles. The Morgan fingerprint density at radius 1 is 1.33 bits per heavy atom. The molecule has 0 radical (unpaired) electrons. The number of rotatable bonds is 5. The molecule has 0 amide bonds. The smallest absolute Gasteiger partial charge is 0.144 e. The van der Waals surface area contributed by atoms with Crippen molar-refractivity contribution in [2.75, 3.05) is 31.5 Å². The number of anilines is 1. The summed E-state index contributed by atoms with van der Waals surface area (Å²) in [6.07, 6.45) is 4.04. The highest BCUT2D eigenvalue weighted by atomic mass is 15.1. The molecule has 2 heterocycles. The molecule has 4 nitrogen and oxygen atoms in total. The molecule has 114 valence electrons. The van der Waals surface area contributed by atoms with E-state index >= 15 is 0 Å². The van der Waals surface area contributed by atoms with Gasteiger partial charge < -0.3 is 10.2 Å². The van der Waals surface area contributed by atoms with Crippen LogP contribution in [-0.4, -0.2) is 36.1 Å². The minimum Gasteiger partial charge on any atom is -0.369 e. The molecule has 0 saturated carbocycles. The first kappa shape index (κ1) is 15.8. The topological polar surface area (TPSA) is 52.0 Å². The minimum atomic E-state index is 0.553. The normalized spacial score (nSPS) is 17.2. The molecule has 1 atom stereocenters. The van der Waals surface area contributed by atoms with Gasteiger partial charge in [-0.15, -0.1) is 0 Å². The van der Waals surface area contributed by atoms with Gasteiger partial charge >= 0.3 is 0 Å². The van der Waals surface area contributed by atoms with Crippen LogP contribution in [0.2, 0.25) is 0 Å². The summed E-state index contributed by atoms with van der Waals surface area (Å²) in [6.45, 7) is 10.6. The molecule has 21 heavy (non-hydrogen) atoms. The average molecular weight is 286 g/mol. The number of nitrogens with zero attached hydrogens (tertiary/aromatic N) is 3. The summed E-state index contributed by atoms with van der Waals surface area (Å²) in [5, 5.41) is 12.7. The summed E-state index contributed by atoms with van der Waals surface area (Å²) >= 11 is 0. The molecule has 1 aromatic rings. The first-order valence-corrected chi connectivity index (χ1v) is 7.94. The highest BCUT2D eigenvalue weighted by Crippen LogP contribution is 2.18. The molecule has 1 N–H and O–H groups in total. The van der Waals surface area contributed by atoms with Gasteiger partial charge in [0.2, 0.25) is 0 Å². The fourth-order valence-corrected chi connectivity index (χ4v) is 3.02. The maximum Gasteiger partial charge on any atom is 0.144 e. The lowest BCUT2D eigenvalue weighted by molar-refractivity contribution is 0.204. The second kappa shape index (κ2) is 7.42. The van der Waals surface area contributed by atoms with Crippen molar-refractivity contribution in [3.05, 3.63) is 22.9 Å². The zero-order valence-electron chi connectivity index (χ0n) is 13.4. The molecule has 4 heteroatoms. The Hall–Kier alpha value is -1.60. The van der Waals surface area contributed by atoms with Gasteiger partial charge in [0.15, 0.2) is 0 Å². The van der Waals surface area contributed by atoms with Gasteiger partial charge in [-0.3, -0.25) is 0 Å². The van der Waals surface area contributed by atoms with Crippen molar-refractivity contribution in [1.29, 1.82) is 5.26 Å². The molecule has 1 aliphatic heterocycles. The zero-order valence-corrected chi connectivity index (χ0v) is 13.4. The Morgan fingerprint density at radius 2 is 2.05 bits per heavy atom. The fourth-order valence-electron chi connectivity index (χ4n) is 3.02. The van der Waals surface area contributed by atoms with E-state index in [9.17, 15) is 5.26 Å². The predicted molar refractivity (Wildman–Crippen MR) is 86.4 cm³/mol. The Kier molecular flexibility index (Phi) is 5.58. The second-order valence-corrected chi connectivity index (χ2v) is 6.26. The van der Waals surface area contributed by atoms with E-state index < -0.39 is 0 Å². The first-order chi connectivity index (χ1) is 10.1. The van der Waals surface area contributed by atoms with Crippen LogP contribution in [0, 0.1) is 31.1 Å². The molecule has 0 aromatic carbocycles. The third kappa shape index (κ3) is 4.44.